The number of ether oxygens (including phenoxy) is 1. The first-order chi connectivity index (χ1) is 18.6. The lowest BCUT2D eigenvalue weighted by Gasteiger charge is -2.09. The maximum Gasteiger partial charge on any atom is 0.342 e. The third-order valence-corrected chi connectivity index (χ3v) is 7.80. The molecule has 0 aromatic heterocycles. The van der Waals surface area contributed by atoms with Crippen molar-refractivity contribution in [1.82, 2.24) is 0 Å². The van der Waals surface area contributed by atoms with Gasteiger partial charge in [0.05, 0.1) is 0 Å². The Bertz CT molecular complexity index is 505. The second kappa shape index (κ2) is 30.6. The summed E-state index contributed by atoms with van der Waals surface area (Å²) in [7, 11) is 0. The molecular weight excluding hydrogens is 472 g/mol. The molecule has 0 bridgehead atoms. The van der Waals surface area contributed by atoms with Crippen LogP contribution in [0, 0.1) is 0 Å². The van der Waals surface area contributed by atoms with Crippen molar-refractivity contribution in [2.24, 2.45) is 0 Å². The van der Waals surface area contributed by atoms with E-state index in [1.165, 1.54) is 135 Å². The van der Waals surface area contributed by atoms with E-state index >= 15 is 0 Å². The minimum absolute atomic E-state index is 0.273. The number of rotatable bonds is 30. The molecule has 0 rings (SSSR count). The molecule has 0 aliphatic carbocycles. The Morgan fingerprint density at radius 1 is 0.474 bits per heavy atom. The highest BCUT2D eigenvalue weighted by Crippen LogP contribution is 2.15. The van der Waals surface area contributed by atoms with Crippen molar-refractivity contribution in [1.29, 1.82) is 0 Å². The lowest BCUT2D eigenvalue weighted by molar-refractivity contribution is -0.166. The van der Waals surface area contributed by atoms with Gasteiger partial charge in [-0.15, -0.1) is 0 Å². The molecule has 1 unspecified atom stereocenters. The number of carbonyl (C=O) groups excluding carboxylic acids is 2. The van der Waals surface area contributed by atoms with E-state index in [1.54, 1.807) is 0 Å². The van der Waals surface area contributed by atoms with Crippen LogP contribution in [-0.2, 0) is 14.3 Å². The molecule has 1 N–H and O–H groups in total. The lowest BCUT2D eigenvalue weighted by atomic mass is 10.0. The molecule has 0 aliphatic heterocycles. The van der Waals surface area contributed by atoms with Crippen LogP contribution in [-0.4, -0.2) is 23.1 Å². The molecule has 226 valence electrons. The van der Waals surface area contributed by atoms with Gasteiger partial charge in [0.25, 0.3) is 0 Å². The average Bonchev–Trinajstić information content (AvgIpc) is 2.91. The standard InChI is InChI=1S/C34H66O4/c1-3-5-7-9-11-13-15-17-19-20-22-24-26-28-30-32(35)34(37)38-33(36)31-29-27-25-23-21-18-16-14-12-10-8-6-4-2/h32,35H,3-31H2,1-2H3. The van der Waals surface area contributed by atoms with Gasteiger partial charge in [-0.05, 0) is 12.8 Å². The normalized spacial score (nSPS) is 12.1. The number of hydrogen-bond acceptors (Lipinski definition) is 4. The Morgan fingerprint density at radius 2 is 0.763 bits per heavy atom. The summed E-state index contributed by atoms with van der Waals surface area (Å²) in [5.74, 6) is -1.25. The van der Waals surface area contributed by atoms with E-state index in [2.05, 4.69) is 13.8 Å². The Hall–Kier alpha value is -0.900. The number of unbranched alkanes of at least 4 members (excludes halogenated alkanes) is 25. The molecule has 0 radical (unpaired) electrons. The van der Waals surface area contributed by atoms with Crippen LogP contribution in [0.3, 0.4) is 0 Å². The van der Waals surface area contributed by atoms with E-state index in [9.17, 15) is 14.7 Å². The van der Waals surface area contributed by atoms with Gasteiger partial charge in [-0.1, -0.05) is 181 Å². The van der Waals surface area contributed by atoms with Crippen LogP contribution < -0.4 is 0 Å². The molecule has 38 heavy (non-hydrogen) atoms. The van der Waals surface area contributed by atoms with Gasteiger partial charge in [0.1, 0.15) is 0 Å². The van der Waals surface area contributed by atoms with Crippen molar-refractivity contribution in [3.05, 3.63) is 0 Å². The largest absolute Gasteiger partial charge is 0.391 e. The Morgan fingerprint density at radius 3 is 1.11 bits per heavy atom. The van der Waals surface area contributed by atoms with Gasteiger partial charge in [0.2, 0.25) is 0 Å². The molecule has 0 saturated carbocycles. The zero-order valence-corrected chi connectivity index (χ0v) is 25.8. The summed E-state index contributed by atoms with van der Waals surface area (Å²) in [4.78, 5) is 23.9. The topological polar surface area (TPSA) is 63.6 Å². The smallest absolute Gasteiger partial charge is 0.342 e. The van der Waals surface area contributed by atoms with E-state index in [1.807, 2.05) is 0 Å². The van der Waals surface area contributed by atoms with Gasteiger partial charge < -0.3 is 9.84 Å². The summed E-state index contributed by atoms with van der Waals surface area (Å²) in [6, 6.07) is 0. The highest BCUT2D eigenvalue weighted by molar-refractivity contribution is 5.87. The van der Waals surface area contributed by atoms with Crippen LogP contribution in [0.1, 0.15) is 200 Å². The van der Waals surface area contributed by atoms with E-state index in [0.717, 1.165) is 38.5 Å². The monoisotopic (exact) mass is 538 g/mol. The van der Waals surface area contributed by atoms with Gasteiger partial charge in [-0.3, -0.25) is 4.79 Å². The third kappa shape index (κ3) is 28.1. The van der Waals surface area contributed by atoms with Gasteiger partial charge in [-0.2, -0.15) is 0 Å². The molecule has 0 aliphatic rings. The zero-order chi connectivity index (χ0) is 27.9. The van der Waals surface area contributed by atoms with Crippen LogP contribution in [0.2, 0.25) is 0 Å². The van der Waals surface area contributed by atoms with Crippen LogP contribution in [0.25, 0.3) is 0 Å². The zero-order valence-electron chi connectivity index (χ0n) is 25.8. The Labute approximate surface area is 237 Å². The average molecular weight is 539 g/mol. The molecule has 1 atom stereocenters. The summed E-state index contributed by atoms with van der Waals surface area (Å²) >= 11 is 0. The van der Waals surface area contributed by atoms with Crippen molar-refractivity contribution >= 4 is 11.9 Å². The predicted octanol–water partition coefficient (Wildman–Crippen LogP) is 10.8. The number of esters is 2. The molecule has 0 saturated heterocycles. The first kappa shape index (κ1) is 37.1. The van der Waals surface area contributed by atoms with Crippen molar-refractivity contribution in [2.75, 3.05) is 0 Å². The number of aliphatic hydroxyl groups excluding tert-OH is 1. The molecule has 4 heteroatoms. The van der Waals surface area contributed by atoms with Crippen LogP contribution in [0.5, 0.6) is 0 Å². The van der Waals surface area contributed by atoms with Crippen molar-refractivity contribution < 1.29 is 19.4 Å². The molecule has 0 aromatic carbocycles. The molecule has 0 aromatic rings. The predicted molar refractivity (Wildman–Crippen MR) is 162 cm³/mol. The van der Waals surface area contributed by atoms with E-state index in [0.29, 0.717) is 6.42 Å². The Kier molecular flexibility index (Phi) is 29.9. The molecular formula is C34H66O4. The summed E-state index contributed by atoms with van der Waals surface area (Å²) in [6.45, 7) is 4.52. The molecule has 0 amide bonds. The van der Waals surface area contributed by atoms with Crippen LogP contribution in [0.4, 0.5) is 0 Å². The molecule has 0 spiro atoms. The minimum Gasteiger partial charge on any atom is -0.391 e. The van der Waals surface area contributed by atoms with Gasteiger partial charge in [0, 0.05) is 6.42 Å². The maximum atomic E-state index is 12.0. The van der Waals surface area contributed by atoms with Gasteiger partial charge in [-0.25, -0.2) is 4.79 Å². The highest BCUT2D eigenvalue weighted by atomic mass is 16.6. The lowest BCUT2D eigenvalue weighted by Crippen LogP contribution is -2.25. The fourth-order valence-corrected chi connectivity index (χ4v) is 5.17. The summed E-state index contributed by atoms with van der Waals surface area (Å²) in [5.41, 5.74) is 0. The second-order valence-electron chi connectivity index (χ2n) is 11.7. The first-order valence-electron chi connectivity index (χ1n) is 17.0. The fraction of sp³-hybridized carbons (Fsp3) is 0.941. The van der Waals surface area contributed by atoms with E-state index in [4.69, 9.17) is 4.74 Å². The SMILES string of the molecule is CCCCCCCCCCCCCCCCC(O)C(=O)OC(=O)CCCCCCCCCCCCCCC. The summed E-state index contributed by atoms with van der Waals surface area (Å²) < 4.78 is 4.86. The number of carbonyl (C=O) groups is 2. The maximum absolute atomic E-state index is 12.0. The summed E-state index contributed by atoms with van der Waals surface area (Å²) in [6.07, 6.45) is 33.7. The van der Waals surface area contributed by atoms with Gasteiger partial charge >= 0.3 is 11.9 Å². The second-order valence-corrected chi connectivity index (χ2v) is 11.7. The third-order valence-electron chi connectivity index (χ3n) is 7.80. The van der Waals surface area contributed by atoms with E-state index in [-0.39, 0.29) is 6.42 Å². The quantitative estimate of drug-likeness (QED) is 0.0561. The minimum atomic E-state index is -1.16. The van der Waals surface area contributed by atoms with E-state index < -0.39 is 18.0 Å². The molecule has 4 nitrogen and oxygen atoms in total. The Balaban J connectivity index is 3.42. The van der Waals surface area contributed by atoms with Crippen LogP contribution >= 0.6 is 0 Å². The molecule has 0 fully saturated rings. The highest BCUT2D eigenvalue weighted by Gasteiger charge is 2.19. The molecule has 0 heterocycles. The van der Waals surface area contributed by atoms with Gasteiger partial charge in [0.15, 0.2) is 6.10 Å². The summed E-state index contributed by atoms with van der Waals surface area (Å²) in [5, 5.41) is 10.0. The first-order valence-corrected chi connectivity index (χ1v) is 17.0. The van der Waals surface area contributed by atoms with Crippen molar-refractivity contribution in [3.63, 3.8) is 0 Å². The number of hydrogen-bond donors (Lipinski definition) is 1. The fourth-order valence-electron chi connectivity index (χ4n) is 5.17. The number of aliphatic hydroxyl groups is 1. The van der Waals surface area contributed by atoms with Crippen molar-refractivity contribution in [3.8, 4) is 0 Å². The van der Waals surface area contributed by atoms with Crippen molar-refractivity contribution in [2.45, 2.75) is 206 Å². The van der Waals surface area contributed by atoms with Crippen LogP contribution in [0.15, 0.2) is 0 Å².